The Kier molecular flexibility index (Phi) is 1.68. The molecule has 0 amide bonds. The maximum Gasteiger partial charge on any atom is 0.0563 e. The fourth-order valence-electron chi connectivity index (χ4n) is 1.07. The lowest BCUT2D eigenvalue weighted by molar-refractivity contribution is -0.342. The van der Waals surface area contributed by atoms with E-state index in [1.54, 1.807) is 0 Å². The average Bonchev–Trinajstić information content (AvgIpc) is 2.34. The van der Waals surface area contributed by atoms with Crippen molar-refractivity contribution < 1.29 is 19.8 Å². The lowest BCUT2D eigenvalue weighted by Gasteiger charge is -2.30. The number of hydrogen-bond acceptors (Lipinski definition) is 4. The van der Waals surface area contributed by atoms with Crippen LogP contribution in [0.3, 0.4) is 0 Å². The van der Waals surface area contributed by atoms with E-state index in [1.807, 2.05) is 0 Å². The first-order chi connectivity index (χ1) is 5.09. The van der Waals surface area contributed by atoms with Crippen LogP contribution in [0.2, 0.25) is 0 Å². The van der Waals surface area contributed by atoms with Crippen molar-refractivity contribution in [2.75, 3.05) is 0 Å². The molecule has 0 aromatic carbocycles. The molecule has 0 saturated carbocycles. The van der Waals surface area contributed by atoms with Gasteiger partial charge in [-0.1, -0.05) is 12.2 Å². The molecule has 0 aromatic rings. The average molecular weight is 154 g/mol. The minimum atomic E-state index is -1.81. The van der Waals surface area contributed by atoms with E-state index in [9.17, 15) is 19.8 Å². The second-order valence-corrected chi connectivity index (χ2v) is 2.54. The van der Waals surface area contributed by atoms with Crippen LogP contribution in [-0.2, 0) is 9.59 Å². The summed E-state index contributed by atoms with van der Waals surface area (Å²) in [6.07, 6.45) is 2.95. The maximum absolute atomic E-state index is 10.4. The van der Waals surface area contributed by atoms with Crippen LogP contribution in [0, 0.1) is 5.41 Å². The largest absolute Gasteiger partial charge is 0.549 e. The van der Waals surface area contributed by atoms with Crippen molar-refractivity contribution in [2.45, 2.75) is 12.8 Å². The van der Waals surface area contributed by atoms with Gasteiger partial charge in [0.05, 0.1) is 17.4 Å². The highest BCUT2D eigenvalue weighted by Crippen LogP contribution is 2.31. The van der Waals surface area contributed by atoms with Gasteiger partial charge in [0.15, 0.2) is 0 Å². The molecule has 0 heterocycles. The second kappa shape index (κ2) is 2.38. The molecule has 0 N–H and O–H groups in total. The van der Waals surface area contributed by atoms with E-state index in [-0.39, 0.29) is 12.8 Å². The molecular weight excluding hydrogens is 148 g/mol. The molecule has 4 heteroatoms. The van der Waals surface area contributed by atoms with E-state index >= 15 is 0 Å². The fourth-order valence-corrected chi connectivity index (χ4v) is 1.07. The molecule has 1 aliphatic rings. The third-order valence-electron chi connectivity index (χ3n) is 1.88. The minimum Gasteiger partial charge on any atom is -0.549 e. The van der Waals surface area contributed by atoms with Crippen molar-refractivity contribution in [3.05, 3.63) is 12.2 Å². The van der Waals surface area contributed by atoms with Gasteiger partial charge in [-0.3, -0.25) is 0 Å². The molecule has 0 radical (unpaired) electrons. The number of rotatable bonds is 2. The summed E-state index contributed by atoms with van der Waals surface area (Å²) < 4.78 is 0. The van der Waals surface area contributed by atoms with Crippen LogP contribution in [0.15, 0.2) is 12.2 Å². The third-order valence-corrected chi connectivity index (χ3v) is 1.88. The molecule has 0 bridgehead atoms. The van der Waals surface area contributed by atoms with Gasteiger partial charge in [-0.2, -0.15) is 0 Å². The van der Waals surface area contributed by atoms with Gasteiger partial charge in [-0.05, 0) is 12.8 Å². The van der Waals surface area contributed by atoms with Crippen LogP contribution in [-0.4, -0.2) is 11.9 Å². The Morgan fingerprint density at radius 2 is 1.45 bits per heavy atom. The molecule has 1 aliphatic carbocycles. The SMILES string of the molecule is O=C([O-])C1(C(=O)[O-])CC=CC1. The summed E-state index contributed by atoms with van der Waals surface area (Å²) in [6.45, 7) is 0. The zero-order valence-electron chi connectivity index (χ0n) is 5.70. The Morgan fingerprint density at radius 1 is 1.09 bits per heavy atom. The fraction of sp³-hybridized carbons (Fsp3) is 0.429. The summed E-state index contributed by atoms with van der Waals surface area (Å²) in [5.41, 5.74) is -1.81. The molecule has 0 spiro atoms. The Hall–Kier alpha value is -1.32. The normalized spacial score (nSPS) is 20.0. The van der Waals surface area contributed by atoms with E-state index in [4.69, 9.17) is 0 Å². The van der Waals surface area contributed by atoms with Gasteiger partial charge in [0.1, 0.15) is 0 Å². The summed E-state index contributed by atoms with van der Waals surface area (Å²) in [5, 5.41) is 20.8. The molecule has 60 valence electrons. The van der Waals surface area contributed by atoms with Gasteiger partial charge in [-0.15, -0.1) is 0 Å². The number of hydrogen-bond donors (Lipinski definition) is 0. The maximum atomic E-state index is 10.4. The van der Waals surface area contributed by atoms with Gasteiger partial charge in [-0.25, -0.2) is 0 Å². The standard InChI is InChI=1S/C7H8O4/c8-5(9)7(6(10)11)3-1-2-4-7/h1-2H,3-4H2,(H,8,9)(H,10,11)/p-2. The van der Waals surface area contributed by atoms with Crippen LogP contribution in [0.4, 0.5) is 0 Å². The molecule has 4 nitrogen and oxygen atoms in total. The van der Waals surface area contributed by atoms with E-state index < -0.39 is 17.4 Å². The lowest BCUT2D eigenvalue weighted by atomic mass is 9.86. The van der Waals surface area contributed by atoms with Gasteiger partial charge < -0.3 is 19.8 Å². The van der Waals surface area contributed by atoms with Gasteiger partial charge in [0.25, 0.3) is 0 Å². The summed E-state index contributed by atoms with van der Waals surface area (Å²) in [4.78, 5) is 20.8. The van der Waals surface area contributed by atoms with Gasteiger partial charge in [0.2, 0.25) is 0 Å². The first kappa shape index (κ1) is 7.78. The van der Waals surface area contributed by atoms with E-state index in [0.29, 0.717) is 0 Å². The summed E-state index contributed by atoms with van der Waals surface area (Å²) >= 11 is 0. The van der Waals surface area contributed by atoms with E-state index in [1.165, 1.54) is 12.2 Å². The van der Waals surface area contributed by atoms with Gasteiger partial charge >= 0.3 is 0 Å². The topological polar surface area (TPSA) is 80.3 Å². The molecule has 11 heavy (non-hydrogen) atoms. The van der Waals surface area contributed by atoms with Crippen LogP contribution in [0.25, 0.3) is 0 Å². The molecule has 0 fully saturated rings. The molecule has 0 unspecified atom stereocenters. The Labute approximate surface area is 63.1 Å². The zero-order valence-corrected chi connectivity index (χ0v) is 5.70. The Bertz CT molecular complexity index is 205. The Morgan fingerprint density at radius 3 is 1.64 bits per heavy atom. The van der Waals surface area contributed by atoms with Crippen LogP contribution in [0.1, 0.15) is 12.8 Å². The Balaban J connectivity index is 2.90. The zero-order chi connectivity index (χ0) is 8.48. The third kappa shape index (κ3) is 1.00. The summed E-state index contributed by atoms with van der Waals surface area (Å²) in [6, 6.07) is 0. The molecule has 0 atom stereocenters. The van der Waals surface area contributed by atoms with Crippen molar-refractivity contribution in [2.24, 2.45) is 5.41 Å². The van der Waals surface area contributed by atoms with Crippen molar-refractivity contribution in [3.8, 4) is 0 Å². The van der Waals surface area contributed by atoms with Crippen molar-refractivity contribution in [1.82, 2.24) is 0 Å². The number of carbonyl (C=O) groups is 2. The minimum absolute atomic E-state index is 0.0301. The number of carboxylic acid groups (broad SMARTS) is 2. The predicted octanol–water partition coefficient (Wildman–Crippen LogP) is -2.18. The smallest absolute Gasteiger partial charge is 0.0563 e. The van der Waals surface area contributed by atoms with Crippen molar-refractivity contribution in [3.63, 3.8) is 0 Å². The molecule has 0 aliphatic heterocycles. The van der Waals surface area contributed by atoms with Crippen LogP contribution < -0.4 is 10.2 Å². The van der Waals surface area contributed by atoms with Crippen molar-refractivity contribution >= 4 is 11.9 Å². The number of carbonyl (C=O) groups excluding carboxylic acids is 2. The summed E-state index contributed by atoms with van der Waals surface area (Å²) in [5.74, 6) is -3.13. The van der Waals surface area contributed by atoms with Crippen molar-refractivity contribution in [1.29, 1.82) is 0 Å². The molecule has 0 saturated heterocycles. The van der Waals surface area contributed by atoms with Crippen LogP contribution >= 0.6 is 0 Å². The second-order valence-electron chi connectivity index (χ2n) is 2.54. The van der Waals surface area contributed by atoms with Crippen LogP contribution in [0.5, 0.6) is 0 Å². The highest BCUT2D eigenvalue weighted by molar-refractivity contribution is 5.97. The lowest BCUT2D eigenvalue weighted by Crippen LogP contribution is -2.52. The quantitative estimate of drug-likeness (QED) is 0.334. The summed E-state index contributed by atoms with van der Waals surface area (Å²) in [7, 11) is 0. The highest BCUT2D eigenvalue weighted by atomic mass is 16.4. The molecule has 0 aromatic heterocycles. The molecule has 1 rings (SSSR count). The van der Waals surface area contributed by atoms with E-state index in [2.05, 4.69) is 0 Å². The predicted molar refractivity (Wildman–Crippen MR) is 30.8 cm³/mol. The first-order valence-electron chi connectivity index (χ1n) is 3.17. The molecular formula is C7H6O4-2. The monoisotopic (exact) mass is 154 g/mol. The number of carboxylic acids is 2. The first-order valence-corrected chi connectivity index (χ1v) is 3.17. The number of allylic oxidation sites excluding steroid dienone is 2. The van der Waals surface area contributed by atoms with E-state index in [0.717, 1.165) is 0 Å². The van der Waals surface area contributed by atoms with Gasteiger partial charge in [0, 0.05) is 0 Å². The number of aliphatic carboxylic acids is 2. The highest BCUT2D eigenvalue weighted by Gasteiger charge is 2.33.